The van der Waals surface area contributed by atoms with Crippen LogP contribution in [0.3, 0.4) is 0 Å². The van der Waals surface area contributed by atoms with Crippen molar-refractivity contribution in [3.05, 3.63) is 29.3 Å². The Morgan fingerprint density at radius 2 is 2.05 bits per heavy atom. The van der Waals surface area contributed by atoms with Crippen LogP contribution >= 0.6 is 0 Å². The lowest BCUT2D eigenvalue weighted by Crippen LogP contribution is -2.53. The molecule has 1 saturated heterocycles. The molecule has 1 aromatic carbocycles. The van der Waals surface area contributed by atoms with Crippen LogP contribution in [-0.2, 0) is 4.79 Å². The predicted octanol–water partition coefficient (Wildman–Crippen LogP) is 1.70. The average molecular weight is 288 g/mol. The number of carbonyl (C=O) groups excluding carboxylic acids is 2. The van der Waals surface area contributed by atoms with E-state index in [9.17, 15) is 9.59 Å². The van der Waals surface area contributed by atoms with Crippen molar-refractivity contribution >= 4 is 17.6 Å². The van der Waals surface area contributed by atoms with Gasteiger partial charge >= 0.3 is 6.03 Å². The average Bonchev–Trinajstić information content (AvgIpc) is 2.75. The second kappa shape index (κ2) is 5.04. The summed E-state index contributed by atoms with van der Waals surface area (Å²) >= 11 is 0. The van der Waals surface area contributed by atoms with E-state index in [4.69, 9.17) is 0 Å². The zero-order chi connectivity index (χ0) is 15.1. The van der Waals surface area contributed by atoms with Crippen molar-refractivity contribution in [2.75, 3.05) is 18.6 Å². The first-order valence-corrected chi connectivity index (χ1v) is 7.21. The molecule has 2 aliphatic heterocycles. The number of amides is 3. The maximum atomic E-state index is 12.0. The molecule has 2 N–H and O–H groups in total. The van der Waals surface area contributed by atoms with Crippen molar-refractivity contribution in [3.8, 4) is 0 Å². The first kappa shape index (κ1) is 13.9. The monoisotopic (exact) mass is 288 g/mol. The minimum atomic E-state index is -0.335. The number of nitrogens with one attached hydrogen (secondary N) is 2. The Labute approximate surface area is 124 Å². The van der Waals surface area contributed by atoms with Gasteiger partial charge in [0.25, 0.3) is 0 Å². The molecule has 0 radical (unpaired) electrons. The van der Waals surface area contributed by atoms with E-state index in [-0.39, 0.29) is 18.1 Å². The van der Waals surface area contributed by atoms with Gasteiger partial charge in [-0.1, -0.05) is 26.0 Å². The molecule has 2 heterocycles. The molecule has 6 heteroatoms. The Balaban J connectivity index is 1.91. The summed E-state index contributed by atoms with van der Waals surface area (Å²) in [6, 6.07) is 5.98. The summed E-state index contributed by atoms with van der Waals surface area (Å²) in [4.78, 5) is 25.0. The quantitative estimate of drug-likeness (QED) is 0.869. The van der Waals surface area contributed by atoms with E-state index in [2.05, 4.69) is 42.8 Å². The fraction of sp³-hybridized carbons (Fsp3) is 0.467. The maximum absolute atomic E-state index is 12.0. The molecule has 1 atom stereocenters. The van der Waals surface area contributed by atoms with Crippen LogP contribution in [0.5, 0.6) is 0 Å². The van der Waals surface area contributed by atoms with Crippen molar-refractivity contribution in [1.29, 1.82) is 0 Å². The summed E-state index contributed by atoms with van der Waals surface area (Å²) in [6.45, 7) is 4.75. The Bertz CT molecular complexity index is 599. The lowest BCUT2D eigenvalue weighted by Gasteiger charge is -2.32. The van der Waals surface area contributed by atoms with Crippen molar-refractivity contribution in [2.24, 2.45) is 0 Å². The van der Waals surface area contributed by atoms with Crippen molar-refractivity contribution < 1.29 is 9.59 Å². The van der Waals surface area contributed by atoms with Gasteiger partial charge in [0, 0.05) is 25.6 Å². The van der Waals surface area contributed by atoms with E-state index >= 15 is 0 Å². The Morgan fingerprint density at radius 3 is 2.71 bits per heavy atom. The minimum absolute atomic E-state index is 0.210. The highest BCUT2D eigenvalue weighted by Gasteiger charge is 2.36. The van der Waals surface area contributed by atoms with Gasteiger partial charge in [-0.15, -0.1) is 0 Å². The fourth-order valence-corrected chi connectivity index (χ4v) is 2.83. The molecule has 0 saturated carbocycles. The molecule has 2 aliphatic rings. The highest BCUT2D eigenvalue weighted by atomic mass is 16.2. The van der Waals surface area contributed by atoms with E-state index in [1.165, 1.54) is 5.56 Å². The Kier molecular flexibility index (Phi) is 3.33. The van der Waals surface area contributed by atoms with Gasteiger partial charge in [-0.25, -0.2) is 10.2 Å². The zero-order valence-electron chi connectivity index (χ0n) is 12.5. The van der Waals surface area contributed by atoms with Gasteiger partial charge in [0.1, 0.15) is 6.17 Å². The summed E-state index contributed by atoms with van der Waals surface area (Å²) < 4.78 is 0. The number of rotatable bonds is 2. The summed E-state index contributed by atoms with van der Waals surface area (Å²) in [5, 5.41) is 4.31. The van der Waals surface area contributed by atoms with Gasteiger partial charge in [-0.3, -0.25) is 10.1 Å². The zero-order valence-corrected chi connectivity index (χ0v) is 12.5. The first-order valence-electron chi connectivity index (χ1n) is 7.21. The van der Waals surface area contributed by atoms with Crippen LogP contribution in [0.25, 0.3) is 0 Å². The number of urea groups is 1. The number of hydrogen-bond donors (Lipinski definition) is 2. The molecule has 0 bridgehead atoms. The van der Waals surface area contributed by atoms with Crippen LogP contribution in [0.1, 0.15) is 43.5 Å². The largest absolute Gasteiger partial charge is 0.325 e. The summed E-state index contributed by atoms with van der Waals surface area (Å²) in [7, 11) is 1.94. The molecule has 21 heavy (non-hydrogen) atoms. The smallest absolute Gasteiger partial charge is 0.309 e. The minimum Gasteiger partial charge on any atom is -0.309 e. The molecule has 0 aliphatic carbocycles. The van der Waals surface area contributed by atoms with Gasteiger partial charge < -0.3 is 9.91 Å². The number of hydrogen-bond acceptors (Lipinski definition) is 4. The SMILES string of the molecule is CC(C)c1ccc2c(c1)N(C)NC2N1CCC(=O)NC1=O. The number of imide groups is 1. The van der Waals surface area contributed by atoms with Crippen LogP contribution in [0, 0.1) is 0 Å². The van der Waals surface area contributed by atoms with Crippen molar-refractivity contribution in [3.63, 3.8) is 0 Å². The molecular formula is C15H20N4O2. The standard InChI is InChI=1S/C15H20N4O2/c1-9(2)10-4-5-11-12(8-10)18(3)17-14(11)19-7-6-13(20)16-15(19)21/h4-5,8-9,14,17H,6-7H2,1-3H3,(H,16,20,21). The molecule has 1 unspecified atom stereocenters. The predicted molar refractivity (Wildman–Crippen MR) is 79.7 cm³/mol. The molecule has 1 fully saturated rings. The number of benzene rings is 1. The Hall–Kier alpha value is -2.08. The van der Waals surface area contributed by atoms with Gasteiger partial charge in [-0.05, 0) is 17.5 Å². The van der Waals surface area contributed by atoms with Crippen LogP contribution in [-0.4, -0.2) is 30.4 Å². The summed E-state index contributed by atoms with van der Waals surface area (Å²) in [5.41, 5.74) is 6.69. The molecule has 0 aromatic heterocycles. The fourth-order valence-electron chi connectivity index (χ4n) is 2.83. The van der Waals surface area contributed by atoms with E-state index in [1.807, 2.05) is 12.1 Å². The molecule has 112 valence electrons. The van der Waals surface area contributed by atoms with Gasteiger partial charge in [0.05, 0.1) is 5.69 Å². The molecule has 0 spiro atoms. The van der Waals surface area contributed by atoms with Gasteiger partial charge in [-0.2, -0.15) is 0 Å². The van der Waals surface area contributed by atoms with E-state index in [1.54, 1.807) is 4.90 Å². The summed E-state index contributed by atoms with van der Waals surface area (Å²) in [5.74, 6) is 0.247. The van der Waals surface area contributed by atoms with E-state index < -0.39 is 0 Å². The third-order valence-corrected chi connectivity index (χ3v) is 4.09. The highest BCUT2D eigenvalue weighted by molar-refractivity contribution is 5.96. The first-order chi connectivity index (χ1) is 9.97. The third kappa shape index (κ3) is 2.35. The van der Waals surface area contributed by atoms with Crippen molar-refractivity contribution in [2.45, 2.75) is 32.4 Å². The van der Waals surface area contributed by atoms with E-state index in [0.717, 1.165) is 11.3 Å². The number of fused-ring (bicyclic) bond motifs is 1. The summed E-state index contributed by atoms with van der Waals surface area (Å²) in [6.07, 6.45) is 0.117. The second-order valence-electron chi connectivity index (χ2n) is 5.86. The maximum Gasteiger partial charge on any atom is 0.325 e. The number of anilines is 1. The topological polar surface area (TPSA) is 64.7 Å². The van der Waals surface area contributed by atoms with E-state index in [0.29, 0.717) is 18.9 Å². The number of carbonyl (C=O) groups is 2. The molecular weight excluding hydrogens is 268 g/mol. The van der Waals surface area contributed by atoms with Crippen LogP contribution < -0.4 is 15.8 Å². The highest BCUT2D eigenvalue weighted by Crippen LogP contribution is 2.36. The molecule has 3 rings (SSSR count). The molecule has 1 aromatic rings. The second-order valence-corrected chi connectivity index (χ2v) is 5.86. The van der Waals surface area contributed by atoms with Gasteiger partial charge in [0.15, 0.2) is 0 Å². The number of nitrogens with zero attached hydrogens (tertiary/aromatic N) is 2. The van der Waals surface area contributed by atoms with Crippen LogP contribution in [0.4, 0.5) is 10.5 Å². The Morgan fingerprint density at radius 1 is 1.29 bits per heavy atom. The lowest BCUT2D eigenvalue weighted by atomic mass is 9.99. The molecule has 3 amide bonds. The van der Waals surface area contributed by atoms with Crippen molar-refractivity contribution in [1.82, 2.24) is 15.6 Å². The van der Waals surface area contributed by atoms with Gasteiger partial charge in [0.2, 0.25) is 5.91 Å². The third-order valence-electron chi connectivity index (χ3n) is 4.09. The normalized spacial score (nSPS) is 21.8. The van der Waals surface area contributed by atoms with Crippen LogP contribution in [0.15, 0.2) is 18.2 Å². The molecule has 6 nitrogen and oxygen atoms in total. The lowest BCUT2D eigenvalue weighted by molar-refractivity contribution is -0.121. The van der Waals surface area contributed by atoms with Crippen LogP contribution in [0.2, 0.25) is 0 Å². The number of hydrazine groups is 1.